The minimum absolute atomic E-state index is 0.0648. The van der Waals surface area contributed by atoms with Crippen LogP contribution >= 0.6 is 0 Å². The van der Waals surface area contributed by atoms with E-state index in [4.69, 9.17) is 0 Å². The van der Waals surface area contributed by atoms with E-state index in [1.54, 1.807) is 0 Å². The molecule has 0 saturated heterocycles. The van der Waals surface area contributed by atoms with Crippen LogP contribution in [0, 0.1) is 5.92 Å². The Bertz CT molecular complexity index is 617. The molecule has 0 aromatic heterocycles. The topological polar surface area (TPSA) is 34.1 Å². The molecule has 2 nitrogen and oxygen atoms in total. The lowest BCUT2D eigenvalue weighted by atomic mass is 9.87. The highest BCUT2D eigenvalue weighted by Gasteiger charge is 2.20. The zero-order valence-electron chi connectivity index (χ0n) is 13.7. The summed E-state index contributed by atoms with van der Waals surface area (Å²) in [6.45, 7) is 2.12. The van der Waals surface area contributed by atoms with Crippen molar-refractivity contribution < 1.29 is 9.59 Å². The highest BCUT2D eigenvalue weighted by Crippen LogP contribution is 2.21. The van der Waals surface area contributed by atoms with Gasteiger partial charge in [-0.1, -0.05) is 80.4 Å². The van der Waals surface area contributed by atoms with E-state index < -0.39 is 0 Å². The molecule has 2 heteroatoms. The van der Waals surface area contributed by atoms with Gasteiger partial charge in [0, 0.05) is 23.5 Å². The fourth-order valence-corrected chi connectivity index (χ4v) is 2.77. The highest BCUT2D eigenvalue weighted by atomic mass is 16.1. The number of rotatable bonds is 9. The van der Waals surface area contributed by atoms with Gasteiger partial charge in [0.05, 0.1) is 0 Å². The zero-order chi connectivity index (χ0) is 16.5. The quantitative estimate of drug-likeness (QED) is 0.586. The largest absolute Gasteiger partial charge is 0.294 e. The lowest BCUT2D eigenvalue weighted by molar-refractivity contribution is 0.0888. The minimum Gasteiger partial charge on any atom is -0.294 e. The van der Waals surface area contributed by atoms with Crippen molar-refractivity contribution in [1.29, 1.82) is 0 Å². The lowest BCUT2D eigenvalue weighted by Gasteiger charge is -2.15. The number of carbonyl (C=O) groups excluding carboxylic acids is 2. The van der Waals surface area contributed by atoms with Crippen LogP contribution in [-0.4, -0.2) is 11.6 Å². The van der Waals surface area contributed by atoms with Crippen LogP contribution in [0.3, 0.4) is 0 Å². The molecule has 0 bridgehead atoms. The van der Waals surface area contributed by atoms with E-state index >= 15 is 0 Å². The summed E-state index contributed by atoms with van der Waals surface area (Å²) in [6, 6.07) is 18.7. The van der Waals surface area contributed by atoms with Gasteiger partial charge in [-0.2, -0.15) is 0 Å². The van der Waals surface area contributed by atoms with Crippen molar-refractivity contribution in [3.05, 3.63) is 71.8 Å². The molecule has 0 aliphatic carbocycles. The fourth-order valence-electron chi connectivity index (χ4n) is 2.77. The van der Waals surface area contributed by atoms with E-state index in [1.807, 2.05) is 60.7 Å². The third-order valence-electron chi connectivity index (χ3n) is 4.15. The molecule has 1 atom stereocenters. The number of carbonyl (C=O) groups is 2. The first kappa shape index (κ1) is 17.1. The molecule has 0 spiro atoms. The van der Waals surface area contributed by atoms with Gasteiger partial charge in [-0.25, -0.2) is 0 Å². The minimum atomic E-state index is -0.0648. The molecule has 0 aliphatic rings. The molecular formula is C21H24O2. The van der Waals surface area contributed by atoms with Crippen LogP contribution in [0.5, 0.6) is 0 Å². The van der Waals surface area contributed by atoms with Crippen molar-refractivity contribution >= 4 is 11.6 Å². The summed E-state index contributed by atoms with van der Waals surface area (Å²) in [5.74, 6) is 0.220. The maximum Gasteiger partial charge on any atom is 0.165 e. The van der Waals surface area contributed by atoms with Crippen molar-refractivity contribution in [2.24, 2.45) is 5.92 Å². The third-order valence-corrected chi connectivity index (χ3v) is 4.15. The second-order valence-corrected chi connectivity index (χ2v) is 5.90. The van der Waals surface area contributed by atoms with Crippen LogP contribution in [0.15, 0.2) is 60.7 Å². The van der Waals surface area contributed by atoms with Crippen molar-refractivity contribution in [2.75, 3.05) is 0 Å². The standard InChI is InChI=1S/C21H24O2/c1-2-3-10-19(21(23)18-13-8-5-9-14-18)15-16-20(22)17-11-6-4-7-12-17/h4-9,11-14,19H,2-3,10,15-16H2,1H3. The molecule has 2 aromatic rings. The molecule has 23 heavy (non-hydrogen) atoms. The monoisotopic (exact) mass is 308 g/mol. The smallest absolute Gasteiger partial charge is 0.165 e. The van der Waals surface area contributed by atoms with Gasteiger partial charge in [-0.15, -0.1) is 0 Å². The molecule has 2 aromatic carbocycles. The van der Waals surface area contributed by atoms with E-state index in [9.17, 15) is 9.59 Å². The summed E-state index contributed by atoms with van der Waals surface area (Å²) < 4.78 is 0. The molecule has 0 fully saturated rings. The van der Waals surface area contributed by atoms with Crippen LogP contribution in [0.25, 0.3) is 0 Å². The number of ketones is 2. The van der Waals surface area contributed by atoms with Crippen molar-refractivity contribution in [1.82, 2.24) is 0 Å². The maximum atomic E-state index is 12.7. The highest BCUT2D eigenvalue weighted by molar-refractivity contribution is 5.99. The summed E-state index contributed by atoms with van der Waals surface area (Å²) in [5.41, 5.74) is 1.48. The molecule has 1 unspecified atom stereocenters. The predicted octanol–water partition coefficient (Wildman–Crippen LogP) is 5.34. The van der Waals surface area contributed by atoms with E-state index in [2.05, 4.69) is 6.92 Å². The third kappa shape index (κ3) is 5.17. The Morgan fingerprint density at radius 1 is 0.826 bits per heavy atom. The Morgan fingerprint density at radius 3 is 1.96 bits per heavy atom. The SMILES string of the molecule is CCCCC(CCC(=O)c1ccccc1)C(=O)c1ccccc1. The molecule has 0 amide bonds. The fraction of sp³-hybridized carbons (Fsp3) is 0.333. The number of hydrogen-bond acceptors (Lipinski definition) is 2. The summed E-state index contributed by atoms with van der Waals surface area (Å²) >= 11 is 0. The van der Waals surface area contributed by atoms with Gasteiger partial charge in [0.2, 0.25) is 0 Å². The molecule has 0 radical (unpaired) electrons. The second-order valence-electron chi connectivity index (χ2n) is 5.90. The second kappa shape index (κ2) is 9.04. The van der Waals surface area contributed by atoms with E-state index in [1.165, 1.54) is 0 Å². The van der Waals surface area contributed by atoms with Crippen molar-refractivity contribution in [3.63, 3.8) is 0 Å². The lowest BCUT2D eigenvalue weighted by Crippen LogP contribution is -2.16. The first-order valence-electron chi connectivity index (χ1n) is 8.40. The number of benzene rings is 2. The molecule has 120 valence electrons. The van der Waals surface area contributed by atoms with Gasteiger partial charge < -0.3 is 0 Å². The van der Waals surface area contributed by atoms with Crippen LogP contribution in [0.4, 0.5) is 0 Å². The zero-order valence-corrected chi connectivity index (χ0v) is 13.7. The first-order valence-corrected chi connectivity index (χ1v) is 8.40. The summed E-state index contributed by atoms with van der Waals surface area (Å²) in [5, 5.41) is 0. The Hall–Kier alpha value is -2.22. The molecule has 0 aliphatic heterocycles. The maximum absolute atomic E-state index is 12.7. The Labute approximate surface area is 138 Å². The molecule has 0 saturated carbocycles. The van der Waals surface area contributed by atoms with Crippen LogP contribution in [-0.2, 0) is 0 Å². The van der Waals surface area contributed by atoms with Crippen LogP contribution in [0.1, 0.15) is 59.7 Å². The normalized spacial score (nSPS) is 11.9. The number of hydrogen-bond donors (Lipinski definition) is 0. The van der Waals surface area contributed by atoms with Gasteiger partial charge in [-0.3, -0.25) is 9.59 Å². The van der Waals surface area contributed by atoms with Crippen molar-refractivity contribution in [3.8, 4) is 0 Å². The summed E-state index contributed by atoms with van der Waals surface area (Å²) in [7, 11) is 0. The Morgan fingerprint density at radius 2 is 1.39 bits per heavy atom. The van der Waals surface area contributed by atoms with Gasteiger partial charge in [0.25, 0.3) is 0 Å². The van der Waals surface area contributed by atoms with Gasteiger partial charge in [0.15, 0.2) is 11.6 Å². The molecule has 0 heterocycles. The average Bonchev–Trinajstić information content (AvgIpc) is 2.62. The van der Waals surface area contributed by atoms with Crippen LogP contribution in [0.2, 0.25) is 0 Å². The molecule has 0 N–H and O–H groups in total. The number of Topliss-reactive ketones (excluding diaryl/α,β-unsaturated/α-hetero) is 2. The number of unbranched alkanes of at least 4 members (excludes halogenated alkanes) is 1. The Balaban J connectivity index is 2.01. The van der Waals surface area contributed by atoms with E-state index in [0.717, 1.165) is 30.4 Å². The first-order chi connectivity index (χ1) is 11.2. The van der Waals surface area contributed by atoms with Crippen LogP contribution < -0.4 is 0 Å². The predicted molar refractivity (Wildman–Crippen MR) is 93.8 cm³/mol. The van der Waals surface area contributed by atoms with Crippen molar-refractivity contribution in [2.45, 2.75) is 39.0 Å². The molecular weight excluding hydrogens is 284 g/mol. The van der Waals surface area contributed by atoms with Gasteiger partial charge in [-0.05, 0) is 12.8 Å². The average molecular weight is 308 g/mol. The Kier molecular flexibility index (Phi) is 6.74. The van der Waals surface area contributed by atoms with Gasteiger partial charge >= 0.3 is 0 Å². The van der Waals surface area contributed by atoms with E-state index in [0.29, 0.717) is 12.8 Å². The summed E-state index contributed by atoms with van der Waals surface area (Å²) in [6.07, 6.45) is 3.98. The van der Waals surface area contributed by atoms with Gasteiger partial charge in [0.1, 0.15) is 0 Å². The summed E-state index contributed by atoms with van der Waals surface area (Å²) in [4.78, 5) is 25.0. The molecule has 2 rings (SSSR count). The van der Waals surface area contributed by atoms with E-state index in [-0.39, 0.29) is 17.5 Å².